The molecule has 60 valence electrons. The van der Waals surface area contributed by atoms with Crippen molar-refractivity contribution in [2.45, 2.75) is 12.5 Å². The molecule has 0 spiro atoms. The van der Waals surface area contributed by atoms with Crippen LogP contribution in [0.3, 0.4) is 0 Å². The van der Waals surface area contributed by atoms with Crippen molar-refractivity contribution in [1.82, 2.24) is 5.32 Å². The van der Waals surface area contributed by atoms with Gasteiger partial charge in [0.15, 0.2) is 0 Å². The Kier molecular flexibility index (Phi) is 5.29. The van der Waals surface area contributed by atoms with Crippen LogP contribution in [0, 0.1) is 5.92 Å². The Bertz CT molecular complexity index is 142. The van der Waals surface area contributed by atoms with E-state index in [4.69, 9.17) is 10.2 Å². The first kappa shape index (κ1) is 11.4. The molecule has 1 heterocycles. The molecular weight excluding hydrogens is 157 g/mol. The fourth-order valence-electron chi connectivity index (χ4n) is 1.11. The molecule has 4 nitrogen and oxygen atoms in total. The zero-order valence-corrected chi connectivity index (χ0v) is 5.58. The van der Waals surface area contributed by atoms with Crippen LogP contribution in [-0.4, -0.2) is 64.9 Å². The maximum atomic E-state index is 10.3. The summed E-state index contributed by atoms with van der Waals surface area (Å²) in [7, 11) is 0. The predicted molar refractivity (Wildman–Crippen MR) is 41.8 cm³/mol. The third kappa shape index (κ3) is 3.53. The first-order valence-corrected chi connectivity index (χ1v) is 3.31. The van der Waals surface area contributed by atoms with Gasteiger partial charge < -0.3 is 15.5 Å². The normalized spacial score (nSPS) is 30.6. The van der Waals surface area contributed by atoms with Gasteiger partial charge in [-0.3, -0.25) is 4.79 Å². The van der Waals surface area contributed by atoms with Gasteiger partial charge in [0.1, 0.15) is 0 Å². The average Bonchev–Trinajstić information content (AvgIpc) is 1.88. The number of aliphatic carboxylic acids is 1. The Morgan fingerprint density at radius 2 is 2.09 bits per heavy atom. The molecule has 0 bridgehead atoms. The molecule has 0 saturated carbocycles. The van der Waals surface area contributed by atoms with Gasteiger partial charge >= 0.3 is 35.5 Å². The number of aliphatic hydroxyl groups excluding tert-OH is 1. The number of hydrogen-bond donors (Lipinski definition) is 3. The molecule has 1 aliphatic heterocycles. The van der Waals surface area contributed by atoms with E-state index in [9.17, 15) is 4.79 Å². The van der Waals surface area contributed by atoms with Gasteiger partial charge in [-0.2, -0.15) is 0 Å². The summed E-state index contributed by atoms with van der Waals surface area (Å²) >= 11 is 0. The van der Waals surface area contributed by atoms with E-state index in [1.165, 1.54) is 0 Å². The second kappa shape index (κ2) is 5.11. The van der Waals surface area contributed by atoms with Gasteiger partial charge in [-0.1, -0.05) is 0 Å². The number of piperidine rings is 1. The summed E-state index contributed by atoms with van der Waals surface area (Å²) in [6.45, 7) is 0.996. The summed E-state index contributed by atoms with van der Waals surface area (Å²) in [4.78, 5) is 10.3. The molecule has 1 fully saturated rings. The molecule has 0 aromatic rings. The predicted octanol–water partition coefficient (Wildman–Crippen LogP) is -1.61. The van der Waals surface area contributed by atoms with Gasteiger partial charge in [-0.25, -0.2) is 0 Å². The number of aliphatic hydroxyl groups is 1. The molecule has 2 atom stereocenters. The summed E-state index contributed by atoms with van der Waals surface area (Å²) in [5.74, 6) is -1.24. The van der Waals surface area contributed by atoms with Gasteiger partial charge in [0.05, 0.1) is 12.0 Å². The van der Waals surface area contributed by atoms with Crippen molar-refractivity contribution in [3.8, 4) is 0 Å². The topological polar surface area (TPSA) is 69.6 Å². The summed E-state index contributed by atoms with van der Waals surface area (Å²) in [6.07, 6.45) is -0.114. The molecule has 1 rings (SSSR count). The minimum atomic E-state index is -0.828. The molecule has 11 heavy (non-hydrogen) atoms. The third-order valence-electron chi connectivity index (χ3n) is 1.68. The monoisotopic (exact) mass is 169 g/mol. The molecule has 0 unspecified atom stereocenters. The Morgan fingerprint density at radius 3 is 2.45 bits per heavy atom. The second-order valence-electron chi connectivity index (χ2n) is 2.58. The molecular formula is C6H12NNaO3. The molecule has 0 aliphatic carbocycles. The number of nitrogens with one attached hydrogen (secondary N) is 1. The van der Waals surface area contributed by atoms with Crippen LogP contribution < -0.4 is 5.32 Å². The van der Waals surface area contributed by atoms with Crippen molar-refractivity contribution >= 4 is 35.5 Å². The molecule has 0 aromatic carbocycles. The van der Waals surface area contributed by atoms with E-state index in [1.807, 2.05) is 0 Å². The molecule has 1 saturated heterocycles. The van der Waals surface area contributed by atoms with Gasteiger partial charge in [0.2, 0.25) is 0 Å². The van der Waals surface area contributed by atoms with Crippen molar-refractivity contribution in [3.05, 3.63) is 0 Å². The summed E-state index contributed by atoms with van der Waals surface area (Å²) in [6, 6.07) is 0. The number of β-amino-alcohol motifs (C(OH)–C–C–N with tert-alkyl or cyclic N) is 1. The average molecular weight is 169 g/mol. The van der Waals surface area contributed by atoms with Gasteiger partial charge in [0.25, 0.3) is 0 Å². The maximum absolute atomic E-state index is 10.3. The van der Waals surface area contributed by atoms with E-state index in [2.05, 4.69) is 5.32 Å². The van der Waals surface area contributed by atoms with Gasteiger partial charge in [0, 0.05) is 13.1 Å². The molecule has 3 N–H and O–H groups in total. The zero-order chi connectivity index (χ0) is 7.56. The van der Waals surface area contributed by atoms with Gasteiger partial charge in [-0.05, 0) is 6.42 Å². The van der Waals surface area contributed by atoms with Crippen molar-refractivity contribution in [2.75, 3.05) is 13.1 Å². The quantitative estimate of drug-likeness (QED) is 0.413. The van der Waals surface area contributed by atoms with Crippen molar-refractivity contribution < 1.29 is 15.0 Å². The number of rotatable bonds is 1. The fourth-order valence-corrected chi connectivity index (χ4v) is 1.11. The molecule has 0 radical (unpaired) electrons. The van der Waals surface area contributed by atoms with Crippen LogP contribution >= 0.6 is 0 Å². The van der Waals surface area contributed by atoms with Crippen molar-refractivity contribution in [2.24, 2.45) is 5.92 Å². The van der Waals surface area contributed by atoms with E-state index in [-0.39, 0.29) is 29.6 Å². The first-order chi connectivity index (χ1) is 4.70. The van der Waals surface area contributed by atoms with Crippen LogP contribution in [0.1, 0.15) is 6.42 Å². The van der Waals surface area contributed by atoms with Crippen LogP contribution in [0.25, 0.3) is 0 Å². The van der Waals surface area contributed by atoms with E-state index in [1.54, 1.807) is 0 Å². The minimum absolute atomic E-state index is 0. The summed E-state index contributed by atoms with van der Waals surface area (Å²) in [5, 5.41) is 20.3. The molecule has 5 heteroatoms. The van der Waals surface area contributed by atoms with Crippen molar-refractivity contribution in [1.29, 1.82) is 0 Å². The Labute approximate surface area is 87.3 Å². The first-order valence-electron chi connectivity index (χ1n) is 3.31. The summed E-state index contributed by atoms with van der Waals surface area (Å²) < 4.78 is 0. The Morgan fingerprint density at radius 1 is 1.45 bits per heavy atom. The number of carboxylic acids is 1. The van der Waals surface area contributed by atoms with E-state index in [0.29, 0.717) is 19.5 Å². The Balaban J connectivity index is 0.000001000. The molecule has 0 aromatic heterocycles. The van der Waals surface area contributed by atoms with Crippen LogP contribution in [0.15, 0.2) is 0 Å². The fraction of sp³-hybridized carbons (Fsp3) is 0.833. The molecule has 1 aliphatic rings. The van der Waals surface area contributed by atoms with Crippen LogP contribution in [0.2, 0.25) is 0 Å². The van der Waals surface area contributed by atoms with Crippen LogP contribution in [0.5, 0.6) is 0 Å². The van der Waals surface area contributed by atoms with E-state index < -0.39 is 18.0 Å². The van der Waals surface area contributed by atoms with E-state index >= 15 is 0 Å². The number of carboxylic acid groups (broad SMARTS) is 1. The summed E-state index contributed by atoms with van der Waals surface area (Å²) in [5.41, 5.74) is 0. The van der Waals surface area contributed by atoms with E-state index in [0.717, 1.165) is 0 Å². The van der Waals surface area contributed by atoms with Crippen molar-refractivity contribution in [3.63, 3.8) is 0 Å². The SMILES string of the molecule is O=C(O)[C@H]1CNC[C@@H](O)C1.[NaH]. The van der Waals surface area contributed by atoms with Gasteiger partial charge in [-0.15, -0.1) is 0 Å². The Hall–Kier alpha value is 0.390. The standard InChI is InChI=1S/C6H11NO3.Na.H/c8-5-1-4(6(9)10)2-7-3-5;;/h4-5,7-8H,1-3H2,(H,9,10);;/t4-,5+;;/m1../s1. The number of carbonyl (C=O) groups is 1. The molecule has 0 amide bonds. The van der Waals surface area contributed by atoms with Crippen LogP contribution in [-0.2, 0) is 4.79 Å². The number of hydrogen-bond acceptors (Lipinski definition) is 3. The van der Waals surface area contributed by atoms with Crippen LogP contribution in [0.4, 0.5) is 0 Å². The second-order valence-corrected chi connectivity index (χ2v) is 2.58. The third-order valence-corrected chi connectivity index (χ3v) is 1.68. The zero-order valence-electron chi connectivity index (χ0n) is 5.58.